The van der Waals surface area contributed by atoms with E-state index in [1.54, 1.807) is 18.2 Å². The van der Waals surface area contributed by atoms with Crippen LogP contribution < -0.4 is 5.56 Å². The van der Waals surface area contributed by atoms with Crippen LogP contribution >= 0.6 is 27.3 Å². The zero-order valence-electron chi connectivity index (χ0n) is 15.4. The van der Waals surface area contributed by atoms with Gasteiger partial charge in [0.2, 0.25) is 4.96 Å². The third-order valence-electron chi connectivity index (χ3n) is 4.64. The Labute approximate surface area is 182 Å². The van der Waals surface area contributed by atoms with Gasteiger partial charge in [-0.05, 0) is 41.1 Å². The summed E-state index contributed by atoms with van der Waals surface area (Å²) in [5.41, 5.74) is 1.28. The van der Waals surface area contributed by atoms with Gasteiger partial charge in [-0.1, -0.05) is 69.7 Å². The molecule has 0 spiro atoms. The van der Waals surface area contributed by atoms with Gasteiger partial charge in [0.05, 0.1) is 0 Å². The first-order valence-corrected chi connectivity index (χ1v) is 10.6. The number of nitrogens with zero attached hydrogens (tertiary/aromatic N) is 4. The van der Waals surface area contributed by atoms with Gasteiger partial charge in [0.15, 0.2) is 5.69 Å². The molecule has 0 aliphatic heterocycles. The Balaban J connectivity index is 1.59. The van der Waals surface area contributed by atoms with E-state index < -0.39 is 0 Å². The normalized spacial score (nSPS) is 11.6. The van der Waals surface area contributed by atoms with Crippen molar-refractivity contribution in [3.8, 4) is 16.3 Å². The summed E-state index contributed by atoms with van der Waals surface area (Å²) in [5, 5.41) is 25.5. The van der Waals surface area contributed by atoms with E-state index in [1.165, 1.54) is 15.9 Å². The Bertz CT molecular complexity index is 1510. The Morgan fingerprint density at radius 3 is 2.73 bits per heavy atom. The molecule has 2 heterocycles. The summed E-state index contributed by atoms with van der Waals surface area (Å²) in [4.78, 5) is 13.3. The standard InChI is InChI=1S/C22H13BrN4O2S/c23-15-6-3-5-14(12-15)20-26-27-21(29)18(24-25-22(27)30-20)10-9-17-16-7-2-1-4-13(16)8-11-19(17)28/h1-12,28H/b10-9+. The van der Waals surface area contributed by atoms with Crippen LogP contribution in [0.5, 0.6) is 5.75 Å². The van der Waals surface area contributed by atoms with Gasteiger partial charge in [-0.15, -0.1) is 10.2 Å². The maximum atomic E-state index is 12.9. The molecule has 0 aliphatic rings. The predicted octanol–water partition coefficient (Wildman–Crippen LogP) is 5.00. The molecular formula is C22H13BrN4O2S. The number of fused-ring (bicyclic) bond motifs is 2. The van der Waals surface area contributed by atoms with E-state index in [4.69, 9.17) is 0 Å². The lowest BCUT2D eigenvalue weighted by Crippen LogP contribution is -2.19. The summed E-state index contributed by atoms with van der Waals surface area (Å²) >= 11 is 4.74. The predicted molar refractivity (Wildman–Crippen MR) is 123 cm³/mol. The van der Waals surface area contributed by atoms with Crippen molar-refractivity contribution in [3.63, 3.8) is 0 Å². The van der Waals surface area contributed by atoms with Crippen molar-refractivity contribution in [1.29, 1.82) is 0 Å². The molecule has 0 bridgehead atoms. The van der Waals surface area contributed by atoms with Crippen LogP contribution in [-0.2, 0) is 0 Å². The fourth-order valence-corrected chi connectivity index (χ4v) is 4.42. The van der Waals surface area contributed by atoms with E-state index in [0.717, 1.165) is 20.8 Å². The van der Waals surface area contributed by atoms with Crippen LogP contribution in [0.4, 0.5) is 0 Å². The van der Waals surface area contributed by atoms with Crippen LogP contribution in [0.2, 0.25) is 0 Å². The highest BCUT2D eigenvalue weighted by Gasteiger charge is 2.12. The SMILES string of the molecule is O=c1c(/C=C/c2c(O)ccc3ccccc23)nnc2sc(-c3cccc(Br)c3)nn12. The molecule has 0 saturated carbocycles. The fourth-order valence-electron chi connectivity index (χ4n) is 3.19. The summed E-state index contributed by atoms with van der Waals surface area (Å²) in [6.07, 6.45) is 3.23. The molecule has 0 aliphatic carbocycles. The third kappa shape index (κ3) is 3.30. The van der Waals surface area contributed by atoms with Crippen LogP contribution in [-0.4, -0.2) is 24.9 Å². The minimum absolute atomic E-state index is 0.129. The van der Waals surface area contributed by atoms with E-state index in [1.807, 2.05) is 54.6 Å². The smallest absolute Gasteiger partial charge is 0.301 e. The van der Waals surface area contributed by atoms with E-state index in [-0.39, 0.29) is 17.0 Å². The van der Waals surface area contributed by atoms with Crippen molar-refractivity contribution in [2.45, 2.75) is 0 Å². The molecule has 1 N–H and O–H groups in total. The molecule has 2 aromatic heterocycles. The Hall–Kier alpha value is -3.36. The summed E-state index contributed by atoms with van der Waals surface area (Å²) in [7, 11) is 0. The minimum atomic E-state index is -0.367. The lowest BCUT2D eigenvalue weighted by atomic mass is 10.0. The highest BCUT2D eigenvalue weighted by atomic mass is 79.9. The van der Waals surface area contributed by atoms with E-state index in [2.05, 4.69) is 31.2 Å². The first-order chi connectivity index (χ1) is 14.6. The zero-order valence-corrected chi connectivity index (χ0v) is 17.8. The molecule has 6 nitrogen and oxygen atoms in total. The number of benzene rings is 3. The number of phenolic OH excluding ortho intramolecular Hbond substituents is 1. The number of rotatable bonds is 3. The van der Waals surface area contributed by atoms with Crippen molar-refractivity contribution < 1.29 is 5.11 Å². The summed E-state index contributed by atoms with van der Waals surface area (Å²) in [5.74, 6) is 0.129. The van der Waals surface area contributed by atoms with E-state index >= 15 is 0 Å². The quantitative estimate of drug-likeness (QED) is 0.396. The highest BCUT2D eigenvalue weighted by Crippen LogP contribution is 2.29. The van der Waals surface area contributed by atoms with Crippen molar-refractivity contribution in [2.75, 3.05) is 0 Å². The van der Waals surface area contributed by atoms with Crippen LogP contribution in [0.25, 0.3) is 38.5 Å². The second-order valence-electron chi connectivity index (χ2n) is 6.56. The number of hydrogen-bond donors (Lipinski definition) is 1. The largest absolute Gasteiger partial charge is 0.507 e. The minimum Gasteiger partial charge on any atom is -0.507 e. The van der Waals surface area contributed by atoms with Crippen molar-refractivity contribution in [2.24, 2.45) is 0 Å². The van der Waals surface area contributed by atoms with Gasteiger partial charge in [0, 0.05) is 15.6 Å². The lowest BCUT2D eigenvalue weighted by molar-refractivity contribution is 0.475. The molecule has 146 valence electrons. The van der Waals surface area contributed by atoms with Crippen LogP contribution in [0.1, 0.15) is 11.3 Å². The summed E-state index contributed by atoms with van der Waals surface area (Å²) in [6, 6.07) is 18.9. The molecule has 0 radical (unpaired) electrons. The van der Waals surface area contributed by atoms with Crippen LogP contribution in [0.3, 0.4) is 0 Å². The second-order valence-corrected chi connectivity index (χ2v) is 8.43. The van der Waals surface area contributed by atoms with E-state index in [9.17, 15) is 9.90 Å². The Morgan fingerprint density at radius 1 is 1.00 bits per heavy atom. The molecule has 3 aromatic carbocycles. The Morgan fingerprint density at radius 2 is 1.87 bits per heavy atom. The molecule has 0 unspecified atom stereocenters. The first-order valence-electron chi connectivity index (χ1n) is 9.01. The number of aromatic hydroxyl groups is 1. The molecule has 0 saturated heterocycles. The molecule has 0 amide bonds. The zero-order chi connectivity index (χ0) is 20.7. The molecule has 8 heteroatoms. The Kier molecular flexibility index (Phi) is 4.65. The van der Waals surface area contributed by atoms with Crippen molar-refractivity contribution in [1.82, 2.24) is 19.8 Å². The second kappa shape index (κ2) is 7.47. The van der Waals surface area contributed by atoms with Gasteiger partial charge in [-0.2, -0.15) is 9.61 Å². The molecular weight excluding hydrogens is 464 g/mol. The van der Waals surface area contributed by atoms with Gasteiger partial charge in [0.25, 0.3) is 0 Å². The van der Waals surface area contributed by atoms with Gasteiger partial charge >= 0.3 is 5.56 Å². The van der Waals surface area contributed by atoms with Crippen molar-refractivity contribution in [3.05, 3.63) is 86.7 Å². The molecule has 0 atom stereocenters. The van der Waals surface area contributed by atoms with Crippen LogP contribution in [0.15, 0.2) is 69.9 Å². The number of phenols is 1. The number of halogens is 1. The lowest BCUT2D eigenvalue weighted by Gasteiger charge is -2.04. The van der Waals surface area contributed by atoms with Gasteiger partial charge in [0.1, 0.15) is 10.8 Å². The number of aromatic nitrogens is 4. The van der Waals surface area contributed by atoms with Gasteiger partial charge in [-0.3, -0.25) is 4.79 Å². The molecule has 5 rings (SSSR count). The maximum absolute atomic E-state index is 12.9. The van der Waals surface area contributed by atoms with Crippen molar-refractivity contribution >= 4 is 55.2 Å². The average molecular weight is 477 g/mol. The van der Waals surface area contributed by atoms with Gasteiger partial charge in [-0.25, -0.2) is 0 Å². The average Bonchev–Trinajstić information content (AvgIpc) is 3.20. The monoisotopic (exact) mass is 476 g/mol. The van der Waals surface area contributed by atoms with E-state index in [0.29, 0.717) is 15.5 Å². The third-order valence-corrected chi connectivity index (χ3v) is 6.08. The maximum Gasteiger partial charge on any atom is 0.301 e. The topological polar surface area (TPSA) is 80.4 Å². The van der Waals surface area contributed by atoms with Crippen LogP contribution in [0, 0.1) is 0 Å². The first kappa shape index (κ1) is 18.7. The summed E-state index contributed by atoms with van der Waals surface area (Å²) in [6.45, 7) is 0. The molecule has 5 aromatic rings. The molecule has 0 fully saturated rings. The summed E-state index contributed by atoms with van der Waals surface area (Å²) < 4.78 is 2.19. The number of hydrogen-bond acceptors (Lipinski definition) is 6. The van der Waals surface area contributed by atoms with Gasteiger partial charge < -0.3 is 5.11 Å². The molecule has 30 heavy (non-hydrogen) atoms. The highest BCUT2D eigenvalue weighted by molar-refractivity contribution is 9.10. The fraction of sp³-hybridized carbons (Fsp3) is 0.